The summed E-state index contributed by atoms with van der Waals surface area (Å²) in [5.41, 5.74) is -0.120. The fourth-order valence-electron chi connectivity index (χ4n) is 2.06. The molecule has 0 saturated carbocycles. The van der Waals surface area contributed by atoms with Crippen LogP contribution in [0.1, 0.15) is 11.1 Å². The minimum Gasteiger partial charge on any atom is -0.439 e. The van der Waals surface area contributed by atoms with Crippen LogP contribution in [0.15, 0.2) is 61.1 Å². The maximum atomic E-state index is 12.8. The van der Waals surface area contributed by atoms with Crippen molar-refractivity contribution in [2.45, 2.75) is 12.7 Å². The summed E-state index contributed by atoms with van der Waals surface area (Å²) in [6.07, 6.45) is 0.265. The highest BCUT2D eigenvalue weighted by Crippen LogP contribution is 2.32. The van der Waals surface area contributed by atoms with Crippen LogP contribution < -0.4 is 10.1 Å². The number of ether oxygens (including phenoxy) is 1. The highest BCUT2D eigenvalue weighted by atomic mass is 19.4. The fraction of sp³-hybridized carbons (Fsp3) is 0.118. The van der Waals surface area contributed by atoms with Crippen LogP contribution in [0.4, 0.5) is 19.1 Å². The molecule has 0 unspecified atom stereocenters. The van der Waals surface area contributed by atoms with Crippen molar-refractivity contribution in [1.82, 2.24) is 15.0 Å². The molecule has 3 aromatic rings. The summed E-state index contributed by atoms with van der Waals surface area (Å²) in [6.45, 7) is 0.312. The number of halogens is 3. The second-order valence-electron chi connectivity index (χ2n) is 5.02. The molecule has 5 nitrogen and oxygen atoms in total. The zero-order valence-electron chi connectivity index (χ0n) is 12.9. The summed E-state index contributed by atoms with van der Waals surface area (Å²) in [5, 5.41) is 3.00. The molecule has 0 atom stereocenters. The van der Waals surface area contributed by atoms with Gasteiger partial charge in [0.1, 0.15) is 5.75 Å². The van der Waals surface area contributed by atoms with Crippen LogP contribution in [0.5, 0.6) is 11.6 Å². The molecule has 0 radical (unpaired) electrons. The van der Waals surface area contributed by atoms with Gasteiger partial charge in [-0.1, -0.05) is 12.1 Å². The molecule has 2 aromatic heterocycles. The van der Waals surface area contributed by atoms with Gasteiger partial charge < -0.3 is 10.1 Å². The van der Waals surface area contributed by atoms with Crippen molar-refractivity contribution in [3.05, 3.63) is 72.2 Å². The summed E-state index contributed by atoms with van der Waals surface area (Å²) in [7, 11) is 0. The fourth-order valence-corrected chi connectivity index (χ4v) is 2.06. The molecular formula is C17H13F3N4O. The first-order chi connectivity index (χ1) is 12.0. The number of hydrogen-bond donors (Lipinski definition) is 1. The Labute approximate surface area is 141 Å². The predicted octanol–water partition coefficient (Wildman–Crippen LogP) is 4.29. The molecule has 0 spiro atoms. The summed E-state index contributed by atoms with van der Waals surface area (Å²) >= 11 is 0. The highest BCUT2D eigenvalue weighted by molar-refractivity contribution is 5.37. The predicted molar refractivity (Wildman–Crippen MR) is 85.1 cm³/mol. The zero-order valence-corrected chi connectivity index (χ0v) is 12.9. The van der Waals surface area contributed by atoms with Crippen LogP contribution in [0, 0.1) is 0 Å². The van der Waals surface area contributed by atoms with E-state index in [0.717, 1.165) is 12.1 Å². The van der Waals surface area contributed by atoms with Gasteiger partial charge in [-0.05, 0) is 30.3 Å². The number of benzene rings is 1. The Balaban J connectivity index is 1.77. The standard InChI is InChI=1S/C17H13F3N4O/c18-17(19,20)13-5-1-6-14(10-13)25-15-12(4-2-7-21-15)11-24-16-22-8-3-9-23-16/h1-10H,11H2,(H,22,23,24). The molecule has 0 amide bonds. The Kier molecular flexibility index (Phi) is 4.78. The molecule has 8 heteroatoms. The molecule has 1 aromatic carbocycles. The first kappa shape index (κ1) is 16.7. The van der Waals surface area contributed by atoms with Gasteiger partial charge in [0.15, 0.2) is 0 Å². The Hall–Kier alpha value is -3.16. The molecule has 0 bridgehead atoms. The lowest BCUT2D eigenvalue weighted by Gasteiger charge is -2.12. The van der Waals surface area contributed by atoms with Crippen LogP contribution >= 0.6 is 0 Å². The lowest BCUT2D eigenvalue weighted by Crippen LogP contribution is -2.06. The minimum atomic E-state index is -4.43. The third-order valence-electron chi connectivity index (χ3n) is 3.23. The third-order valence-corrected chi connectivity index (χ3v) is 3.23. The van der Waals surface area contributed by atoms with Gasteiger partial charge in [-0.3, -0.25) is 0 Å². The average Bonchev–Trinajstić information content (AvgIpc) is 2.61. The van der Waals surface area contributed by atoms with E-state index in [0.29, 0.717) is 18.1 Å². The largest absolute Gasteiger partial charge is 0.439 e. The van der Waals surface area contributed by atoms with Crippen molar-refractivity contribution < 1.29 is 17.9 Å². The van der Waals surface area contributed by atoms with Crippen molar-refractivity contribution in [3.8, 4) is 11.6 Å². The maximum Gasteiger partial charge on any atom is 0.416 e. The van der Waals surface area contributed by atoms with Crippen molar-refractivity contribution in [3.63, 3.8) is 0 Å². The summed E-state index contributed by atoms with van der Waals surface area (Å²) in [6, 6.07) is 9.82. The first-order valence-corrected chi connectivity index (χ1v) is 7.32. The van der Waals surface area contributed by atoms with E-state index in [1.807, 2.05) is 0 Å². The van der Waals surface area contributed by atoms with Crippen LogP contribution in [-0.4, -0.2) is 15.0 Å². The molecular weight excluding hydrogens is 333 g/mol. The molecule has 0 aliphatic carbocycles. The lowest BCUT2D eigenvalue weighted by molar-refractivity contribution is -0.137. The molecule has 25 heavy (non-hydrogen) atoms. The molecule has 3 rings (SSSR count). The van der Waals surface area contributed by atoms with Crippen molar-refractivity contribution in [2.24, 2.45) is 0 Å². The van der Waals surface area contributed by atoms with Crippen molar-refractivity contribution in [1.29, 1.82) is 0 Å². The van der Waals surface area contributed by atoms with Crippen LogP contribution in [0.2, 0.25) is 0 Å². The zero-order chi connectivity index (χ0) is 17.7. The smallest absolute Gasteiger partial charge is 0.416 e. The second-order valence-corrected chi connectivity index (χ2v) is 5.02. The number of nitrogens with zero attached hydrogens (tertiary/aromatic N) is 3. The number of aromatic nitrogens is 3. The molecule has 128 valence electrons. The van der Waals surface area contributed by atoms with E-state index in [4.69, 9.17) is 4.74 Å². The second kappa shape index (κ2) is 7.16. The molecule has 0 fully saturated rings. The van der Waals surface area contributed by atoms with E-state index in [1.165, 1.54) is 18.3 Å². The first-order valence-electron chi connectivity index (χ1n) is 7.32. The van der Waals surface area contributed by atoms with E-state index in [1.54, 1.807) is 30.6 Å². The summed E-state index contributed by atoms with van der Waals surface area (Å²) < 4.78 is 43.9. The number of anilines is 1. The van der Waals surface area contributed by atoms with E-state index in [-0.39, 0.29) is 11.6 Å². The third kappa shape index (κ3) is 4.43. The SMILES string of the molecule is FC(F)(F)c1cccc(Oc2ncccc2CNc2ncccn2)c1. The molecule has 0 aliphatic heterocycles. The number of nitrogens with one attached hydrogen (secondary N) is 1. The molecule has 0 aliphatic rings. The number of pyridine rings is 1. The topological polar surface area (TPSA) is 59.9 Å². The summed E-state index contributed by atoms with van der Waals surface area (Å²) in [5.74, 6) is 0.701. The monoisotopic (exact) mass is 346 g/mol. The Morgan fingerprint density at radius 1 is 0.920 bits per heavy atom. The van der Waals surface area contributed by atoms with E-state index >= 15 is 0 Å². The van der Waals surface area contributed by atoms with Crippen LogP contribution in [0.25, 0.3) is 0 Å². The van der Waals surface area contributed by atoms with Gasteiger partial charge in [-0.2, -0.15) is 13.2 Å². The van der Waals surface area contributed by atoms with Crippen LogP contribution in [-0.2, 0) is 12.7 Å². The van der Waals surface area contributed by atoms with Gasteiger partial charge in [-0.15, -0.1) is 0 Å². The number of rotatable bonds is 5. The van der Waals surface area contributed by atoms with Gasteiger partial charge >= 0.3 is 6.18 Å². The van der Waals surface area contributed by atoms with Crippen molar-refractivity contribution in [2.75, 3.05) is 5.32 Å². The lowest BCUT2D eigenvalue weighted by atomic mass is 10.2. The van der Waals surface area contributed by atoms with E-state index in [2.05, 4.69) is 20.3 Å². The molecule has 2 heterocycles. The van der Waals surface area contributed by atoms with Gasteiger partial charge in [0.25, 0.3) is 0 Å². The van der Waals surface area contributed by atoms with E-state index < -0.39 is 11.7 Å². The van der Waals surface area contributed by atoms with E-state index in [9.17, 15) is 13.2 Å². The quantitative estimate of drug-likeness (QED) is 0.747. The molecule has 0 saturated heterocycles. The summed E-state index contributed by atoms with van der Waals surface area (Å²) in [4.78, 5) is 12.2. The maximum absolute atomic E-state index is 12.8. The highest BCUT2D eigenvalue weighted by Gasteiger charge is 2.30. The minimum absolute atomic E-state index is 0.0609. The Bertz CT molecular complexity index is 841. The normalized spacial score (nSPS) is 11.2. The van der Waals surface area contributed by atoms with Crippen LogP contribution in [0.3, 0.4) is 0 Å². The van der Waals surface area contributed by atoms with Crippen molar-refractivity contribution >= 4 is 5.95 Å². The number of alkyl halides is 3. The Morgan fingerprint density at radius 2 is 1.68 bits per heavy atom. The Morgan fingerprint density at radius 3 is 2.44 bits per heavy atom. The molecule has 1 N–H and O–H groups in total. The van der Waals surface area contributed by atoms with Gasteiger partial charge in [-0.25, -0.2) is 15.0 Å². The number of hydrogen-bond acceptors (Lipinski definition) is 5. The van der Waals surface area contributed by atoms with Gasteiger partial charge in [0.05, 0.1) is 5.56 Å². The van der Waals surface area contributed by atoms with Gasteiger partial charge in [0.2, 0.25) is 11.8 Å². The van der Waals surface area contributed by atoms with Gasteiger partial charge in [0, 0.05) is 30.7 Å². The average molecular weight is 346 g/mol.